The van der Waals surface area contributed by atoms with Gasteiger partial charge < -0.3 is 5.32 Å². The highest BCUT2D eigenvalue weighted by molar-refractivity contribution is 7.16. The lowest BCUT2D eigenvalue weighted by Gasteiger charge is -2.26. The summed E-state index contributed by atoms with van der Waals surface area (Å²) in [5.41, 5.74) is 1.45. The fourth-order valence-corrected chi connectivity index (χ4v) is 3.43. The van der Waals surface area contributed by atoms with Gasteiger partial charge in [0, 0.05) is 10.9 Å². The molecule has 13 heavy (non-hydrogen) atoms. The van der Waals surface area contributed by atoms with Crippen LogP contribution in [0.2, 0.25) is 4.34 Å². The Kier molecular flexibility index (Phi) is 2.63. The third kappa shape index (κ3) is 1.76. The highest BCUT2D eigenvalue weighted by atomic mass is 35.5. The maximum Gasteiger partial charge on any atom is 0.0934 e. The highest BCUT2D eigenvalue weighted by Gasteiger charge is 2.24. The maximum absolute atomic E-state index is 6.01. The average molecular weight is 216 g/mol. The minimum Gasteiger partial charge on any atom is -0.309 e. The van der Waals surface area contributed by atoms with Crippen molar-refractivity contribution in [2.75, 3.05) is 6.54 Å². The molecule has 1 aromatic heterocycles. The van der Waals surface area contributed by atoms with Gasteiger partial charge in [0.25, 0.3) is 0 Å². The lowest BCUT2D eigenvalue weighted by Crippen LogP contribution is -2.31. The van der Waals surface area contributed by atoms with Crippen molar-refractivity contribution in [3.8, 4) is 0 Å². The van der Waals surface area contributed by atoms with Crippen molar-refractivity contribution < 1.29 is 0 Å². The molecule has 0 fully saturated rings. The van der Waals surface area contributed by atoms with E-state index in [9.17, 15) is 0 Å². The van der Waals surface area contributed by atoms with Crippen molar-refractivity contribution in [2.45, 2.75) is 26.3 Å². The second kappa shape index (κ2) is 3.60. The fourth-order valence-electron chi connectivity index (χ4n) is 1.86. The van der Waals surface area contributed by atoms with E-state index < -0.39 is 0 Å². The molecule has 1 aliphatic heterocycles. The Bertz CT molecular complexity index is 306. The monoisotopic (exact) mass is 215 g/mol. The van der Waals surface area contributed by atoms with Gasteiger partial charge in [-0.25, -0.2) is 0 Å². The molecule has 0 radical (unpaired) electrons. The molecule has 0 bridgehead atoms. The molecule has 72 valence electrons. The van der Waals surface area contributed by atoms with Crippen LogP contribution in [0.5, 0.6) is 0 Å². The van der Waals surface area contributed by atoms with Crippen molar-refractivity contribution in [1.82, 2.24) is 5.32 Å². The summed E-state index contributed by atoms with van der Waals surface area (Å²) in [5, 5.41) is 3.54. The Morgan fingerprint density at radius 3 is 3.08 bits per heavy atom. The molecule has 1 aliphatic rings. The molecule has 0 amide bonds. The van der Waals surface area contributed by atoms with Crippen molar-refractivity contribution >= 4 is 22.9 Å². The summed E-state index contributed by atoms with van der Waals surface area (Å²) < 4.78 is 0.930. The third-order valence-electron chi connectivity index (χ3n) is 2.52. The molecular formula is C10H14ClNS. The van der Waals surface area contributed by atoms with Crippen LogP contribution in [0.25, 0.3) is 0 Å². The minimum atomic E-state index is 0.515. The number of hydrogen-bond acceptors (Lipinski definition) is 2. The van der Waals surface area contributed by atoms with Gasteiger partial charge in [0.2, 0.25) is 0 Å². The third-order valence-corrected chi connectivity index (χ3v) is 3.91. The summed E-state index contributed by atoms with van der Waals surface area (Å²) in [6, 6.07) is 2.64. The fraction of sp³-hybridized carbons (Fsp3) is 0.600. The number of rotatable bonds is 1. The van der Waals surface area contributed by atoms with E-state index in [2.05, 4.69) is 25.2 Å². The van der Waals surface area contributed by atoms with E-state index in [1.54, 1.807) is 11.3 Å². The predicted octanol–water partition coefficient (Wildman–Crippen LogP) is 3.24. The largest absolute Gasteiger partial charge is 0.309 e. The van der Waals surface area contributed by atoms with E-state index in [0.29, 0.717) is 12.0 Å². The second-order valence-corrected chi connectivity index (χ2v) is 5.58. The van der Waals surface area contributed by atoms with Gasteiger partial charge in [-0.15, -0.1) is 11.3 Å². The number of nitrogens with one attached hydrogen (secondary N) is 1. The smallest absolute Gasteiger partial charge is 0.0934 e. The van der Waals surface area contributed by atoms with Gasteiger partial charge >= 0.3 is 0 Å². The standard InChI is InChI=1S/C10H14ClNS/c1-6(2)9-10-7(3-4-12-9)5-8(11)13-10/h5-6,9,12H,3-4H2,1-2H3. The molecule has 3 heteroatoms. The van der Waals surface area contributed by atoms with Gasteiger partial charge in [-0.1, -0.05) is 25.4 Å². The van der Waals surface area contributed by atoms with Crippen LogP contribution in [0.3, 0.4) is 0 Å². The van der Waals surface area contributed by atoms with Gasteiger partial charge in [0.05, 0.1) is 4.34 Å². The quantitative estimate of drug-likeness (QED) is 0.759. The molecule has 1 atom stereocenters. The molecule has 0 saturated carbocycles. The molecule has 1 N–H and O–H groups in total. The Hall–Kier alpha value is -0.0500. The molecule has 0 aliphatic carbocycles. The molecule has 1 aromatic rings. The van der Waals surface area contributed by atoms with Gasteiger partial charge in [-0.05, 0) is 30.5 Å². The zero-order chi connectivity index (χ0) is 9.42. The Balaban J connectivity index is 2.36. The van der Waals surface area contributed by atoms with Crippen LogP contribution in [-0.4, -0.2) is 6.54 Å². The average Bonchev–Trinajstić information content (AvgIpc) is 2.43. The molecule has 0 spiro atoms. The Morgan fingerprint density at radius 2 is 2.38 bits per heavy atom. The van der Waals surface area contributed by atoms with Gasteiger partial charge in [0.1, 0.15) is 0 Å². The van der Waals surface area contributed by atoms with Gasteiger partial charge in [-0.3, -0.25) is 0 Å². The zero-order valence-corrected chi connectivity index (χ0v) is 9.50. The highest BCUT2D eigenvalue weighted by Crippen LogP contribution is 2.37. The Labute approximate surface area is 88.1 Å². The van der Waals surface area contributed by atoms with Crippen molar-refractivity contribution in [3.63, 3.8) is 0 Å². The van der Waals surface area contributed by atoms with Crippen LogP contribution in [0.15, 0.2) is 6.07 Å². The van der Waals surface area contributed by atoms with E-state index in [4.69, 9.17) is 11.6 Å². The van der Waals surface area contributed by atoms with Crippen LogP contribution >= 0.6 is 22.9 Å². The zero-order valence-electron chi connectivity index (χ0n) is 7.93. The van der Waals surface area contributed by atoms with E-state index in [-0.39, 0.29) is 0 Å². The minimum absolute atomic E-state index is 0.515. The van der Waals surface area contributed by atoms with Crippen molar-refractivity contribution in [1.29, 1.82) is 0 Å². The van der Waals surface area contributed by atoms with Crippen LogP contribution in [0, 0.1) is 5.92 Å². The van der Waals surface area contributed by atoms with E-state index in [0.717, 1.165) is 17.3 Å². The lowest BCUT2D eigenvalue weighted by molar-refractivity contribution is 0.402. The molecule has 0 aromatic carbocycles. The first-order chi connectivity index (χ1) is 6.18. The van der Waals surface area contributed by atoms with Crippen LogP contribution in [-0.2, 0) is 6.42 Å². The van der Waals surface area contributed by atoms with Crippen LogP contribution in [0.1, 0.15) is 30.3 Å². The van der Waals surface area contributed by atoms with Gasteiger partial charge in [-0.2, -0.15) is 0 Å². The molecule has 0 saturated heterocycles. The van der Waals surface area contributed by atoms with Crippen LogP contribution < -0.4 is 5.32 Å². The summed E-state index contributed by atoms with van der Waals surface area (Å²) in [4.78, 5) is 1.45. The maximum atomic E-state index is 6.01. The van der Waals surface area contributed by atoms with Gasteiger partial charge in [0.15, 0.2) is 0 Å². The Morgan fingerprint density at radius 1 is 1.62 bits per heavy atom. The van der Waals surface area contributed by atoms with Crippen LogP contribution in [0.4, 0.5) is 0 Å². The van der Waals surface area contributed by atoms with E-state index >= 15 is 0 Å². The van der Waals surface area contributed by atoms with Crippen molar-refractivity contribution in [2.24, 2.45) is 5.92 Å². The molecular weight excluding hydrogens is 202 g/mol. The summed E-state index contributed by atoms with van der Waals surface area (Å²) in [6.45, 7) is 5.59. The topological polar surface area (TPSA) is 12.0 Å². The summed E-state index contributed by atoms with van der Waals surface area (Å²) in [7, 11) is 0. The number of fused-ring (bicyclic) bond motifs is 1. The molecule has 2 heterocycles. The second-order valence-electron chi connectivity index (χ2n) is 3.87. The van der Waals surface area contributed by atoms with E-state index in [1.165, 1.54) is 10.4 Å². The number of thiophene rings is 1. The SMILES string of the molecule is CC(C)C1NCCc2cc(Cl)sc21. The van der Waals surface area contributed by atoms with Crippen molar-refractivity contribution in [3.05, 3.63) is 20.8 Å². The normalized spacial score (nSPS) is 22.0. The number of halogens is 1. The first kappa shape index (κ1) is 9.50. The molecule has 2 rings (SSSR count). The summed E-state index contributed by atoms with van der Waals surface area (Å²) in [5.74, 6) is 0.647. The first-order valence-corrected chi connectivity index (χ1v) is 5.89. The molecule has 1 nitrogen and oxygen atoms in total. The molecule has 1 unspecified atom stereocenters. The lowest BCUT2D eigenvalue weighted by atomic mass is 9.95. The summed E-state index contributed by atoms with van der Waals surface area (Å²) >= 11 is 7.74. The predicted molar refractivity (Wildman–Crippen MR) is 58.6 cm³/mol. The van der Waals surface area contributed by atoms with E-state index in [1.807, 2.05) is 0 Å². The summed E-state index contributed by atoms with van der Waals surface area (Å²) in [6.07, 6.45) is 1.13. The first-order valence-electron chi connectivity index (χ1n) is 4.70. The number of hydrogen-bond donors (Lipinski definition) is 1.